The fraction of sp³-hybridized carbons (Fsp3) is 0.283. The summed E-state index contributed by atoms with van der Waals surface area (Å²) >= 11 is 6.22. The molecule has 3 aliphatic rings. The van der Waals surface area contributed by atoms with E-state index in [0.717, 1.165) is 129 Å². The molecule has 19 rings (SSSR count). The molecule has 11 aromatic heterocycles. The van der Waals surface area contributed by atoms with E-state index in [1.165, 1.54) is 74.3 Å². The zero-order valence-corrected chi connectivity index (χ0v) is 85.8. The van der Waals surface area contributed by atoms with Crippen molar-refractivity contribution >= 4 is 193 Å². The molecule has 0 bridgehead atoms. The second-order valence-electron chi connectivity index (χ2n) is 34.6. The molecule has 740 valence electrons. The Kier molecular flexibility index (Phi) is 30.9. The number of aryl methyl sites for hydroxylation is 11. The van der Waals surface area contributed by atoms with E-state index in [1.807, 2.05) is 137 Å². The van der Waals surface area contributed by atoms with Gasteiger partial charge in [0.25, 0.3) is 29.5 Å². The summed E-state index contributed by atoms with van der Waals surface area (Å²) in [6, 6.07) is 36.7. The average Bonchev–Trinajstić information content (AvgIpc) is 1.64. The first-order valence-corrected chi connectivity index (χ1v) is 50.7. The molecular weight excluding hydrogens is 1940 g/mol. The third kappa shape index (κ3) is 22.5. The number of amides is 8. The van der Waals surface area contributed by atoms with Gasteiger partial charge in [0.15, 0.2) is 9.84 Å². The van der Waals surface area contributed by atoms with Gasteiger partial charge < -0.3 is 89.3 Å². The molecule has 143 heavy (non-hydrogen) atoms. The number of nitrogens with one attached hydrogen (secondary N) is 6. The van der Waals surface area contributed by atoms with Crippen molar-refractivity contribution < 1.29 is 60.9 Å². The number of sulfone groups is 1. The van der Waals surface area contributed by atoms with Crippen molar-refractivity contribution in [2.45, 2.75) is 144 Å². The van der Waals surface area contributed by atoms with Gasteiger partial charge in [-0.05, 0) is 207 Å². The molecule has 1 saturated carbocycles. The standard InChI is InChI=1S/C21H20N6O2S.C20H22N6O3S.C20H21N5O3S.C19H22N4O3S2.C19H20N4O2S/c1-11-12(2)26-27-20-16(11)17(22)18(30-20)19(28)23-8-13-4-6-14(7-5-13)15-9-24-21(29-3)25-10-15;1-10-11(2)24-25-19-15(10)16(21)17(30-19)18(27)22-13-8-26(9-13)20(28)23-12-4-6-14(29-3)7-5-12;1-10-4-6-14(7-5-10)28-20(27)25-8-13(9-25)22-18(26)17-16(21)15-11(2)12(3)23-24-19(15)29-17;1-10(2)28(25,26)14-7-5-13(6-8-14)9-21-18(24)17-16(20)15-11(3)12(4)22-23-19(15)27-17;1-9-10(2)22-23-19-15(9)16(20)17(26-19)18(24)21-14-8-13(14)11-4-6-12(25-3)7-5-11/h4-7,9-10H,8,22H2,1-3H3,(H,23,28);4-7,13H,8-9,21H2,1-3H3,(H,22,27)(H,23,28);4-7,13H,8-9,21H2,1-3H3,(H,22,26);5-8,10H,9,20H2,1-4H3,(H,21,24);4-7,13-14H,8,20H2,1-3H3,(H,21,24). The zero-order valence-electron chi connectivity index (χ0n) is 80.9. The molecule has 13 heterocycles. The largest absolute Gasteiger partial charge is 0.497 e. The summed E-state index contributed by atoms with van der Waals surface area (Å²) in [5, 5.41) is 62.3. The van der Waals surface area contributed by atoms with Crippen molar-refractivity contribution in [3.8, 4) is 34.4 Å². The third-order valence-electron chi connectivity index (χ3n) is 24.8. The topological polar surface area (TPSA) is 554 Å². The Bertz CT molecular complexity index is 7680. The number of fused-ring (bicyclic) bond motifs is 5. The SMILES string of the molecule is COc1ccc(C2CC2NC(=O)c2sc3nnc(C)c(C)c3c2N)cc1.COc1ccc(NC(=O)N2CC(NC(=O)c3sc4nnc(C)c(C)c4c3N)C2)cc1.COc1ncc(-c2ccc(CNC(=O)c3sc4nnc(C)c(C)c4c3N)cc2)cn1.Cc1ccc(OC(=O)N2CC(NC(=O)c3sc4nnc(C)c(C)c4c3N)C2)cc1.Cc1nnc2sc(C(=O)NCc3ccc(S(=O)(=O)C(C)C)cc3)c(N)c2c1C. The highest BCUT2D eigenvalue weighted by Crippen LogP contribution is 2.44. The number of nitrogens with zero attached hydrogens (tertiary/aromatic N) is 14. The first-order chi connectivity index (χ1) is 68.3. The van der Waals surface area contributed by atoms with E-state index in [2.05, 4.69) is 92.9 Å². The average molecular weight is 2050 g/mol. The molecule has 38 nitrogen and oxygen atoms in total. The van der Waals surface area contributed by atoms with Gasteiger partial charge in [-0.25, -0.2) is 28.0 Å². The third-order valence-corrected chi connectivity index (χ3v) is 32.4. The number of ether oxygens (including phenoxy) is 4. The van der Waals surface area contributed by atoms with Crippen LogP contribution in [0.2, 0.25) is 0 Å². The van der Waals surface area contributed by atoms with Crippen LogP contribution in [-0.2, 0) is 22.9 Å². The number of urea groups is 1. The summed E-state index contributed by atoms with van der Waals surface area (Å²) in [5.74, 6) is 1.21. The van der Waals surface area contributed by atoms with Crippen molar-refractivity contribution in [3.63, 3.8) is 0 Å². The maximum Gasteiger partial charge on any atom is 0.415 e. The molecule has 5 aromatic carbocycles. The van der Waals surface area contributed by atoms with Crippen molar-refractivity contribution in [1.29, 1.82) is 0 Å². The maximum atomic E-state index is 12.7. The number of likely N-dealkylation sites (tertiary alicyclic amines) is 2. The molecule has 3 fully saturated rings. The van der Waals surface area contributed by atoms with Crippen LogP contribution >= 0.6 is 56.7 Å². The van der Waals surface area contributed by atoms with Crippen LogP contribution in [0.3, 0.4) is 0 Å². The number of thiophene rings is 5. The quantitative estimate of drug-likeness (QED) is 0.0318. The zero-order chi connectivity index (χ0) is 102. The van der Waals surface area contributed by atoms with Crippen molar-refractivity contribution in [2.75, 3.05) is 81.5 Å². The minimum absolute atomic E-state index is 0.127. The van der Waals surface area contributed by atoms with Gasteiger partial charge in [0, 0.05) is 102 Å². The molecule has 2 atom stereocenters. The number of hydrogen-bond donors (Lipinski definition) is 11. The van der Waals surface area contributed by atoms with Crippen molar-refractivity contribution in [1.82, 2.24) is 97.3 Å². The minimum Gasteiger partial charge on any atom is -0.497 e. The maximum absolute atomic E-state index is 12.7. The normalized spacial score (nSPS) is 13.7. The molecule has 0 spiro atoms. The number of nitrogen functional groups attached to an aromatic ring is 5. The number of benzene rings is 5. The predicted octanol–water partition coefficient (Wildman–Crippen LogP) is 14.8. The van der Waals surface area contributed by atoms with Gasteiger partial charge in [0.05, 0.1) is 100 Å². The van der Waals surface area contributed by atoms with E-state index in [4.69, 9.17) is 47.6 Å². The van der Waals surface area contributed by atoms with Gasteiger partial charge in [-0.3, -0.25) is 24.0 Å². The number of carbonyl (C=O) groups excluding carboxylic acids is 7. The second-order valence-corrected chi connectivity index (χ2v) is 42.1. The fourth-order valence-electron chi connectivity index (χ4n) is 15.4. The molecule has 0 radical (unpaired) electrons. The number of rotatable bonds is 21. The number of nitrogens with two attached hydrogens (primary N) is 5. The van der Waals surface area contributed by atoms with Gasteiger partial charge in [-0.15, -0.1) is 82.2 Å². The lowest BCUT2D eigenvalue weighted by Gasteiger charge is -2.39. The van der Waals surface area contributed by atoms with Crippen molar-refractivity contribution in [2.24, 2.45) is 0 Å². The Morgan fingerprint density at radius 3 is 1.11 bits per heavy atom. The molecule has 2 saturated heterocycles. The van der Waals surface area contributed by atoms with Gasteiger partial charge in [-0.1, -0.05) is 66.2 Å². The molecule has 1 aliphatic carbocycles. The van der Waals surface area contributed by atoms with Crippen LogP contribution in [0.25, 0.3) is 62.2 Å². The fourth-order valence-corrected chi connectivity index (χ4v) is 21.5. The van der Waals surface area contributed by atoms with E-state index >= 15 is 0 Å². The lowest BCUT2D eigenvalue weighted by atomic mass is 10.1. The van der Waals surface area contributed by atoms with E-state index in [1.54, 1.807) is 106 Å². The highest BCUT2D eigenvalue weighted by molar-refractivity contribution is 7.92. The summed E-state index contributed by atoms with van der Waals surface area (Å²) in [5.41, 5.74) is 48.6. The Morgan fingerprint density at radius 1 is 0.406 bits per heavy atom. The Hall–Kier alpha value is -15.4. The second kappa shape index (κ2) is 43.4. The summed E-state index contributed by atoms with van der Waals surface area (Å²) in [7, 11) is 1.46. The monoisotopic (exact) mass is 2040 g/mol. The summed E-state index contributed by atoms with van der Waals surface area (Å²) in [4.78, 5) is 105. The molecule has 8 amide bonds. The Balaban J connectivity index is 0.000000135. The van der Waals surface area contributed by atoms with Crippen LogP contribution in [0.4, 0.5) is 43.7 Å². The number of carbonyl (C=O) groups is 7. The summed E-state index contributed by atoms with van der Waals surface area (Å²) in [6.45, 7) is 26.5. The molecule has 2 unspecified atom stereocenters. The minimum atomic E-state index is -3.31. The summed E-state index contributed by atoms with van der Waals surface area (Å²) in [6.07, 6.45) is 3.92. The molecular formula is C99H105N25O13S6. The first kappa shape index (κ1) is 102. The van der Waals surface area contributed by atoms with Gasteiger partial charge in [0.2, 0.25) is 0 Å². The highest BCUT2D eigenvalue weighted by atomic mass is 32.2. The lowest BCUT2D eigenvalue weighted by Crippen LogP contribution is -2.61. The predicted molar refractivity (Wildman–Crippen MR) is 558 cm³/mol. The number of methoxy groups -OCH3 is 3. The van der Waals surface area contributed by atoms with Gasteiger partial charge in [-0.2, -0.15) is 25.5 Å². The molecule has 44 heteroatoms. The van der Waals surface area contributed by atoms with Crippen LogP contribution in [0, 0.1) is 76.2 Å². The summed E-state index contributed by atoms with van der Waals surface area (Å²) < 4.78 is 45.0. The van der Waals surface area contributed by atoms with E-state index in [9.17, 15) is 42.0 Å². The van der Waals surface area contributed by atoms with E-state index in [-0.39, 0.29) is 65.1 Å². The van der Waals surface area contributed by atoms with Crippen LogP contribution in [0.1, 0.15) is 153 Å². The number of anilines is 6. The number of aromatic nitrogens is 12. The first-order valence-electron chi connectivity index (χ1n) is 45.0. The highest BCUT2D eigenvalue weighted by Gasteiger charge is 2.41. The van der Waals surface area contributed by atoms with Crippen molar-refractivity contribution in [3.05, 3.63) is 237 Å². The van der Waals surface area contributed by atoms with Gasteiger partial charge >= 0.3 is 18.1 Å². The van der Waals surface area contributed by atoms with Crippen LogP contribution in [0.15, 0.2) is 139 Å². The Morgan fingerprint density at radius 2 is 0.748 bits per heavy atom. The molecule has 2 aliphatic heterocycles. The van der Waals surface area contributed by atoms with Crippen LogP contribution in [0.5, 0.6) is 23.3 Å². The van der Waals surface area contributed by atoms with Crippen LogP contribution in [-0.4, -0.2) is 192 Å². The lowest BCUT2D eigenvalue weighted by molar-refractivity contribution is 0.0792. The van der Waals surface area contributed by atoms with Gasteiger partial charge in [0.1, 0.15) is 65.8 Å². The number of hydrogen-bond acceptors (Lipinski definition) is 35. The van der Waals surface area contributed by atoms with Crippen LogP contribution < -0.4 is 79.5 Å². The van der Waals surface area contributed by atoms with E-state index in [0.29, 0.717) is 133 Å². The Labute approximate surface area is 842 Å². The molecule has 16 N–H and O–H groups in total. The smallest absolute Gasteiger partial charge is 0.415 e. The van der Waals surface area contributed by atoms with E-state index < -0.39 is 21.2 Å². The molecule has 16 aromatic rings.